The van der Waals surface area contributed by atoms with Crippen molar-refractivity contribution in [3.05, 3.63) is 41.6 Å². The quantitative estimate of drug-likeness (QED) is 0.693. The largest absolute Gasteiger partial charge is 0.323 e. The van der Waals surface area contributed by atoms with Crippen LogP contribution in [-0.2, 0) is 0 Å². The molecule has 0 aliphatic rings. The number of nitrogens with two attached hydrogens (primary N) is 1. The lowest BCUT2D eigenvalue weighted by atomic mass is 10.1. The van der Waals surface area contributed by atoms with Gasteiger partial charge in [0.05, 0.1) is 11.4 Å². The minimum atomic E-state index is 0.964. The summed E-state index contributed by atoms with van der Waals surface area (Å²) in [4.78, 5) is 1.43. The van der Waals surface area contributed by atoms with Crippen LogP contribution in [0.3, 0.4) is 0 Å². The first-order chi connectivity index (χ1) is 6.70. The Labute approximate surface area is 83.1 Å². The van der Waals surface area contributed by atoms with Gasteiger partial charge in [-0.05, 0) is 13.8 Å². The molecule has 3 nitrogen and oxygen atoms in total. The highest BCUT2D eigenvalue weighted by Crippen LogP contribution is 2.22. The van der Waals surface area contributed by atoms with Gasteiger partial charge in [0.1, 0.15) is 0 Å². The van der Waals surface area contributed by atoms with E-state index >= 15 is 0 Å². The van der Waals surface area contributed by atoms with Gasteiger partial charge in [-0.2, -0.15) is 9.89 Å². The molecule has 0 saturated heterocycles. The summed E-state index contributed by atoms with van der Waals surface area (Å²) in [5.74, 6) is 5.68. The number of nitrogens with zero attached hydrogens (tertiary/aromatic N) is 2. The molecule has 14 heavy (non-hydrogen) atoms. The smallest absolute Gasteiger partial charge is 0.0975 e. The molecule has 2 aromatic rings. The van der Waals surface area contributed by atoms with Gasteiger partial charge >= 0.3 is 0 Å². The van der Waals surface area contributed by atoms with Crippen molar-refractivity contribution in [1.82, 2.24) is 9.89 Å². The summed E-state index contributed by atoms with van der Waals surface area (Å²) in [6.45, 7) is 4.00. The van der Waals surface area contributed by atoms with E-state index in [9.17, 15) is 0 Å². The Balaban J connectivity index is 2.58. The van der Waals surface area contributed by atoms with Crippen molar-refractivity contribution in [3.8, 4) is 11.3 Å². The predicted molar refractivity (Wildman–Crippen MR) is 57.3 cm³/mol. The average molecular weight is 187 g/mol. The Hall–Kier alpha value is -1.77. The second kappa shape index (κ2) is 3.18. The lowest BCUT2D eigenvalue weighted by Gasteiger charge is -1.96. The van der Waals surface area contributed by atoms with Crippen LogP contribution in [0.5, 0.6) is 0 Å². The van der Waals surface area contributed by atoms with Crippen molar-refractivity contribution in [2.24, 2.45) is 0 Å². The van der Waals surface area contributed by atoms with Crippen LogP contribution in [-0.4, -0.2) is 9.89 Å². The number of hydrogen-bond donors (Lipinski definition) is 1. The molecule has 0 amide bonds. The molecule has 1 heterocycles. The van der Waals surface area contributed by atoms with E-state index in [2.05, 4.69) is 5.10 Å². The lowest BCUT2D eigenvalue weighted by Crippen LogP contribution is -2.11. The minimum absolute atomic E-state index is 0.964. The highest BCUT2D eigenvalue weighted by atomic mass is 15.5. The molecule has 0 saturated carbocycles. The fourth-order valence-electron chi connectivity index (χ4n) is 1.47. The average Bonchev–Trinajstić information content (AvgIpc) is 2.47. The highest BCUT2D eigenvalue weighted by molar-refractivity contribution is 5.63. The SMILES string of the molecule is Cc1c(-c2ccccc2)nn(N)c1C. The molecule has 72 valence electrons. The third-order valence-electron chi connectivity index (χ3n) is 2.50. The minimum Gasteiger partial charge on any atom is -0.323 e. The van der Waals surface area contributed by atoms with E-state index in [0.717, 1.165) is 22.5 Å². The van der Waals surface area contributed by atoms with Crippen LogP contribution in [0.1, 0.15) is 11.3 Å². The summed E-state index contributed by atoms with van der Waals surface area (Å²) < 4.78 is 0. The monoisotopic (exact) mass is 187 g/mol. The number of benzene rings is 1. The zero-order valence-corrected chi connectivity index (χ0v) is 8.36. The van der Waals surface area contributed by atoms with Crippen molar-refractivity contribution in [1.29, 1.82) is 0 Å². The molecule has 0 spiro atoms. The van der Waals surface area contributed by atoms with E-state index in [4.69, 9.17) is 5.84 Å². The molecule has 0 atom stereocenters. The van der Waals surface area contributed by atoms with E-state index in [1.165, 1.54) is 4.79 Å². The van der Waals surface area contributed by atoms with Gasteiger partial charge < -0.3 is 5.84 Å². The molecular weight excluding hydrogens is 174 g/mol. The van der Waals surface area contributed by atoms with Crippen LogP contribution >= 0.6 is 0 Å². The van der Waals surface area contributed by atoms with Gasteiger partial charge in [0.2, 0.25) is 0 Å². The molecule has 0 radical (unpaired) electrons. The summed E-state index contributed by atoms with van der Waals surface area (Å²) in [6, 6.07) is 10.1. The van der Waals surface area contributed by atoms with E-state index in [-0.39, 0.29) is 0 Å². The van der Waals surface area contributed by atoms with Gasteiger partial charge in [-0.3, -0.25) is 0 Å². The molecule has 2 rings (SSSR count). The van der Waals surface area contributed by atoms with Gasteiger partial charge in [-0.25, -0.2) is 0 Å². The molecule has 0 aliphatic heterocycles. The van der Waals surface area contributed by atoms with Crippen LogP contribution in [0.2, 0.25) is 0 Å². The van der Waals surface area contributed by atoms with Gasteiger partial charge in [0, 0.05) is 11.1 Å². The molecule has 2 N–H and O–H groups in total. The maximum Gasteiger partial charge on any atom is 0.0975 e. The first kappa shape index (κ1) is 8.81. The maximum atomic E-state index is 5.68. The highest BCUT2D eigenvalue weighted by Gasteiger charge is 2.09. The Bertz CT molecular complexity index is 443. The first-order valence-electron chi connectivity index (χ1n) is 4.57. The molecule has 0 fully saturated rings. The summed E-state index contributed by atoms with van der Waals surface area (Å²) in [5, 5.41) is 4.27. The van der Waals surface area contributed by atoms with Gasteiger partial charge in [-0.1, -0.05) is 30.3 Å². The van der Waals surface area contributed by atoms with Crippen LogP contribution < -0.4 is 5.84 Å². The van der Waals surface area contributed by atoms with Crippen molar-refractivity contribution in [2.75, 3.05) is 5.84 Å². The van der Waals surface area contributed by atoms with Crippen molar-refractivity contribution in [2.45, 2.75) is 13.8 Å². The second-order valence-corrected chi connectivity index (χ2v) is 3.37. The van der Waals surface area contributed by atoms with Gasteiger partial charge in [0.25, 0.3) is 0 Å². The molecule has 0 bridgehead atoms. The zero-order chi connectivity index (χ0) is 10.1. The maximum absolute atomic E-state index is 5.68. The summed E-state index contributed by atoms with van der Waals surface area (Å²) in [6.07, 6.45) is 0. The standard InChI is InChI=1S/C11H13N3/c1-8-9(2)14(12)13-11(8)10-6-4-3-5-7-10/h3-7H,12H2,1-2H3. The topological polar surface area (TPSA) is 43.8 Å². The molecule has 0 aliphatic carbocycles. The van der Waals surface area contributed by atoms with Crippen LogP contribution in [0.25, 0.3) is 11.3 Å². The first-order valence-corrected chi connectivity index (χ1v) is 4.57. The number of hydrogen-bond acceptors (Lipinski definition) is 2. The zero-order valence-electron chi connectivity index (χ0n) is 8.36. The molecule has 0 unspecified atom stereocenters. The van der Waals surface area contributed by atoms with E-state index in [1.54, 1.807) is 0 Å². The number of nitrogen functional groups attached to an aromatic ring is 1. The van der Waals surface area contributed by atoms with E-state index in [0.29, 0.717) is 0 Å². The van der Waals surface area contributed by atoms with Gasteiger partial charge in [0.15, 0.2) is 0 Å². The summed E-state index contributed by atoms with van der Waals surface area (Å²) in [5.41, 5.74) is 4.21. The Morgan fingerprint density at radius 3 is 2.29 bits per heavy atom. The lowest BCUT2D eigenvalue weighted by molar-refractivity contribution is 0.802. The van der Waals surface area contributed by atoms with Crippen molar-refractivity contribution in [3.63, 3.8) is 0 Å². The van der Waals surface area contributed by atoms with Crippen LogP contribution in [0.4, 0.5) is 0 Å². The van der Waals surface area contributed by atoms with Crippen LogP contribution in [0, 0.1) is 13.8 Å². The van der Waals surface area contributed by atoms with Crippen LogP contribution in [0.15, 0.2) is 30.3 Å². The Kier molecular flexibility index (Phi) is 2.00. The number of aromatic nitrogens is 2. The summed E-state index contributed by atoms with van der Waals surface area (Å²) in [7, 11) is 0. The molecule has 1 aromatic heterocycles. The fraction of sp³-hybridized carbons (Fsp3) is 0.182. The molecule has 1 aromatic carbocycles. The Morgan fingerprint density at radius 1 is 1.14 bits per heavy atom. The predicted octanol–water partition coefficient (Wildman–Crippen LogP) is 1.88. The molecular formula is C11H13N3. The number of rotatable bonds is 1. The fourth-order valence-corrected chi connectivity index (χ4v) is 1.47. The van der Waals surface area contributed by atoms with Crippen molar-refractivity contribution >= 4 is 0 Å². The molecule has 3 heteroatoms. The second-order valence-electron chi connectivity index (χ2n) is 3.37. The van der Waals surface area contributed by atoms with E-state index in [1.807, 2.05) is 44.2 Å². The summed E-state index contributed by atoms with van der Waals surface area (Å²) >= 11 is 0. The third-order valence-corrected chi connectivity index (χ3v) is 2.50. The normalized spacial score (nSPS) is 10.4. The third kappa shape index (κ3) is 1.27. The van der Waals surface area contributed by atoms with E-state index < -0.39 is 0 Å². The Morgan fingerprint density at radius 2 is 1.79 bits per heavy atom. The van der Waals surface area contributed by atoms with Crippen molar-refractivity contribution < 1.29 is 0 Å². The van der Waals surface area contributed by atoms with Gasteiger partial charge in [-0.15, -0.1) is 0 Å².